The zero-order valence-corrected chi connectivity index (χ0v) is 28.9. The van der Waals surface area contributed by atoms with E-state index in [-0.39, 0.29) is 26.9 Å². The molecule has 0 radical (unpaired) electrons. The van der Waals surface area contributed by atoms with E-state index in [2.05, 4.69) is 118 Å². The Labute approximate surface area is 279 Å². The topological polar surface area (TPSA) is 97.3 Å². The van der Waals surface area contributed by atoms with E-state index in [1.807, 2.05) is 36.4 Å². The van der Waals surface area contributed by atoms with E-state index in [1.54, 1.807) is 6.08 Å². The first-order chi connectivity index (χ1) is 22.6. The van der Waals surface area contributed by atoms with E-state index in [0.717, 1.165) is 61.9 Å². The van der Waals surface area contributed by atoms with Crippen molar-refractivity contribution in [3.63, 3.8) is 0 Å². The van der Waals surface area contributed by atoms with Crippen molar-refractivity contribution in [1.82, 2.24) is 19.9 Å². The van der Waals surface area contributed by atoms with Crippen molar-refractivity contribution in [2.75, 3.05) is 0 Å². The first-order valence-electron chi connectivity index (χ1n) is 16.8. The molecule has 8 bridgehead atoms. The van der Waals surface area contributed by atoms with Gasteiger partial charge in [-0.15, -0.1) is 0 Å². The Kier molecular flexibility index (Phi) is 6.13. The third-order valence-corrected chi connectivity index (χ3v) is 11.5. The lowest BCUT2D eigenvalue weighted by Gasteiger charge is -2.28. The minimum atomic E-state index is -0.509. The predicted octanol–water partition coefficient (Wildman–Crippen LogP) is 7.63. The van der Waals surface area contributed by atoms with Crippen LogP contribution < -0.4 is 16.1 Å². The summed E-state index contributed by atoms with van der Waals surface area (Å²) in [6.45, 7) is 17.8. The van der Waals surface area contributed by atoms with Gasteiger partial charge in [0.1, 0.15) is 0 Å². The number of fused-ring (bicyclic) bond motifs is 8. The van der Waals surface area contributed by atoms with Gasteiger partial charge < -0.3 is 19.9 Å². The molecule has 0 saturated heterocycles. The molecule has 7 aromatic rings. The van der Waals surface area contributed by atoms with Crippen LogP contribution in [0.2, 0.25) is 0 Å². The van der Waals surface area contributed by atoms with E-state index in [0.29, 0.717) is 10.8 Å². The Balaban J connectivity index is 1.43. The summed E-state index contributed by atoms with van der Waals surface area (Å²) in [6, 6.07) is 26.7. The molecular weight excluding hydrogens is 592 g/mol. The van der Waals surface area contributed by atoms with Crippen molar-refractivity contribution < 1.29 is 0 Å². The van der Waals surface area contributed by atoms with Crippen LogP contribution in [0.3, 0.4) is 0 Å². The van der Waals surface area contributed by atoms with Crippen molar-refractivity contribution in [2.45, 2.75) is 77.0 Å². The molecule has 5 heterocycles. The van der Waals surface area contributed by atoms with Gasteiger partial charge in [-0.25, -0.2) is 0 Å². The van der Waals surface area contributed by atoms with Crippen LogP contribution in [0.25, 0.3) is 27.6 Å². The zero-order valence-electron chi connectivity index (χ0n) is 28.9. The van der Waals surface area contributed by atoms with Gasteiger partial charge in [-0.05, 0) is 101 Å². The number of nitrogens with one attached hydrogen (secondary N) is 4. The molecule has 0 spiro atoms. The van der Waals surface area contributed by atoms with E-state index >= 15 is 0 Å². The van der Waals surface area contributed by atoms with Crippen LogP contribution in [0.1, 0.15) is 107 Å². The van der Waals surface area contributed by atoms with Gasteiger partial charge in [-0.1, -0.05) is 50.2 Å². The largest absolute Gasteiger partial charge is 0.361 e. The molecule has 4 N–H and O–H groups in total. The summed E-state index contributed by atoms with van der Waals surface area (Å²) in [5.41, 5.74) is 7.32. The minimum absolute atomic E-state index is 0.176. The second kappa shape index (κ2) is 9.72. The van der Waals surface area contributed by atoms with E-state index in [9.17, 15) is 9.59 Å². The summed E-state index contributed by atoms with van der Waals surface area (Å²) >= 11 is 0. The van der Waals surface area contributed by atoms with Gasteiger partial charge >= 0.3 is 0 Å². The Bertz CT molecular complexity index is 2500. The van der Waals surface area contributed by atoms with E-state index in [4.69, 9.17) is 0 Å². The molecule has 0 fully saturated rings. The van der Waals surface area contributed by atoms with Gasteiger partial charge in [-0.2, -0.15) is 0 Å². The van der Waals surface area contributed by atoms with Crippen molar-refractivity contribution in [3.8, 4) is 0 Å². The van der Waals surface area contributed by atoms with Crippen LogP contribution >= 0.6 is 0 Å². The summed E-state index contributed by atoms with van der Waals surface area (Å²) in [6.07, 6.45) is 1.79. The van der Waals surface area contributed by atoms with Gasteiger partial charge in [0.05, 0.1) is 5.22 Å². The first kappa shape index (κ1) is 30.2. The van der Waals surface area contributed by atoms with Gasteiger partial charge in [-0.3, -0.25) is 9.59 Å². The third-order valence-electron chi connectivity index (χ3n) is 11.5. The fraction of sp³-hybridized carbons (Fsp3) is 0.286. The standard InChI is InChI=1S/C42H42N4O2/c1-39(2)27-22-35(43-28(27)21-26-37(47)24-13-9-11-23-12-10-14-25(36(23)24)38(26)48)42(7,8)34-20-19-33(46-34)41(5,6)32-18-17-31(45-32)40(3,4)30-16-15-29(39)44-30/h9-22,43-46H,1-8H3. The molecule has 1 aliphatic heterocycles. The average molecular weight is 635 g/mol. The molecule has 0 saturated carbocycles. The highest BCUT2D eigenvalue weighted by molar-refractivity contribution is 6.09. The van der Waals surface area contributed by atoms with Crippen LogP contribution in [0.4, 0.5) is 0 Å². The van der Waals surface area contributed by atoms with Crippen LogP contribution in [-0.4, -0.2) is 19.9 Å². The highest BCUT2D eigenvalue weighted by Crippen LogP contribution is 2.42. The number of benzene rings is 3. The molecule has 6 nitrogen and oxygen atoms in total. The summed E-state index contributed by atoms with van der Waals surface area (Å²) < 4.78 is 0. The number of rotatable bonds is 1. The lowest BCUT2D eigenvalue weighted by Crippen LogP contribution is -2.39. The fourth-order valence-corrected chi connectivity index (χ4v) is 7.78. The maximum atomic E-state index is 14.1. The van der Waals surface area contributed by atoms with Gasteiger partial charge in [0.15, 0.2) is 10.9 Å². The second-order valence-electron chi connectivity index (χ2n) is 15.8. The van der Waals surface area contributed by atoms with Gasteiger partial charge in [0.2, 0.25) is 0 Å². The van der Waals surface area contributed by atoms with Gasteiger partial charge in [0, 0.05) is 83.4 Å². The summed E-state index contributed by atoms with van der Waals surface area (Å²) in [5.74, 6) is 0. The molecule has 0 aliphatic carbocycles. The summed E-state index contributed by atoms with van der Waals surface area (Å²) in [5, 5.41) is 2.94. The van der Waals surface area contributed by atoms with Crippen molar-refractivity contribution >= 4 is 27.6 Å². The lowest BCUT2D eigenvalue weighted by molar-refractivity contribution is 0.555. The molecule has 1 aliphatic rings. The second-order valence-corrected chi connectivity index (χ2v) is 15.8. The van der Waals surface area contributed by atoms with Crippen LogP contribution in [0.5, 0.6) is 0 Å². The van der Waals surface area contributed by atoms with Crippen molar-refractivity contribution in [1.29, 1.82) is 0 Å². The Morgan fingerprint density at radius 3 is 1.31 bits per heavy atom. The molecule has 242 valence electrons. The summed E-state index contributed by atoms with van der Waals surface area (Å²) in [7, 11) is 0. The monoisotopic (exact) mass is 634 g/mol. The molecule has 8 rings (SSSR count). The Hall–Kier alpha value is -5.10. The molecule has 48 heavy (non-hydrogen) atoms. The average Bonchev–Trinajstić information content (AvgIpc) is 3.87. The van der Waals surface area contributed by atoms with Crippen LogP contribution in [0, 0.1) is 0 Å². The molecule has 3 aromatic carbocycles. The van der Waals surface area contributed by atoms with Crippen LogP contribution in [0.15, 0.2) is 88.5 Å². The Morgan fingerprint density at radius 1 is 0.479 bits per heavy atom. The molecule has 6 heteroatoms. The molecule has 4 aromatic heterocycles. The normalized spacial score (nSPS) is 17.6. The van der Waals surface area contributed by atoms with E-state index in [1.165, 1.54) is 0 Å². The number of hydrogen-bond donors (Lipinski definition) is 4. The van der Waals surface area contributed by atoms with E-state index < -0.39 is 10.8 Å². The van der Waals surface area contributed by atoms with Crippen molar-refractivity contribution in [2.24, 2.45) is 0 Å². The Morgan fingerprint density at radius 2 is 0.875 bits per heavy atom. The lowest BCUT2D eigenvalue weighted by atomic mass is 9.79. The maximum absolute atomic E-state index is 14.1. The molecule has 0 amide bonds. The predicted molar refractivity (Wildman–Crippen MR) is 196 cm³/mol. The molecule has 0 atom stereocenters. The number of H-pyrrole nitrogens is 4. The number of aromatic nitrogens is 4. The molecular formula is C42H42N4O2. The molecule has 0 unspecified atom stereocenters. The quantitative estimate of drug-likeness (QED) is 0.149. The zero-order chi connectivity index (χ0) is 34.0. The smallest absolute Gasteiger partial charge is 0.197 e. The number of aromatic amines is 4. The first-order valence-corrected chi connectivity index (χ1v) is 16.8. The highest BCUT2D eigenvalue weighted by Gasteiger charge is 2.37. The number of hydrogen-bond acceptors (Lipinski definition) is 2. The van der Waals surface area contributed by atoms with Gasteiger partial charge in [0.25, 0.3) is 0 Å². The SMILES string of the molecule is CC1(C)c2ccc([nH]2)C(C)(C)c2ccc([nH]2)C(C)(C)c2cc([nH]c2C=c2c(=O)c3cccc4cccc(c2=O)c43)C(C)(C)c2ccc1[nH]2. The maximum Gasteiger partial charge on any atom is 0.197 e. The fourth-order valence-electron chi connectivity index (χ4n) is 7.78. The third kappa shape index (κ3) is 4.11. The minimum Gasteiger partial charge on any atom is -0.361 e. The highest BCUT2D eigenvalue weighted by atomic mass is 16.1. The summed E-state index contributed by atoms with van der Waals surface area (Å²) in [4.78, 5) is 43.2. The van der Waals surface area contributed by atoms with Crippen LogP contribution in [-0.2, 0) is 21.7 Å². The van der Waals surface area contributed by atoms with Crippen molar-refractivity contribution in [3.05, 3.63) is 156 Å².